The van der Waals surface area contributed by atoms with E-state index < -0.39 is 0 Å². The molecule has 0 bridgehead atoms. The molecule has 0 radical (unpaired) electrons. The summed E-state index contributed by atoms with van der Waals surface area (Å²) in [6.07, 6.45) is 0.496. The average molecular weight is 224 g/mol. The van der Waals surface area contributed by atoms with Crippen LogP contribution in [0.2, 0.25) is 0 Å². The van der Waals surface area contributed by atoms with Crippen molar-refractivity contribution >= 4 is 6.29 Å². The van der Waals surface area contributed by atoms with Gasteiger partial charge in [-0.25, -0.2) is 0 Å². The topological polar surface area (TPSA) is 104 Å². The molecule has 0 N–H and O–H groups in total. The molecule has 0 aliphatic carbocycles. The molecule has 0 spiro atoms. The summed E-state index contributed by atoms with van der Waals surface area (Å²) in [5.41, 5.74) is 0. The highest BCUT2D eigenvalue weighted by atomic mass is 16.5. The Morgan fingerprint density at radius 3 is 2.75 bits per heavy atom. The lowest BCUT2D eigenvalue weighted by atomic mass is 10.6. The number of aromatic nitrogens is 4. The fourth-order valence-corrected chi connectivity index (χ4v) is 1.00. The van der Waals surface area contributed by atoms with Crippen LogP contribution in [0.25, 0.3) is 0 Å². The van der Waals surface area contributed by atoms with E-state index in [4.69, 9.17) is 13.8 Å². The number of aryl methyl sites for hydroxylation is 1. The summed E-state index contributed by atoms with van der Waals surface area (Å²) in [4.78, 5) is 17.9. The first-order valence-corrected chi connectivity index (χ1v) is 4.42. The van der Waals surface area contributed by atoms with E-state index in [1.54, 1.807) is 6.92 Å². The van der Waals surface area contributed by atoms with E-state index in [1.165, 1.54) is 0 Å². The first kappa shape index (κ1) is 10.4. The predicted molar refractivity (Wildman–Crippen MR) is 47.2 cm³/mol. The Kier molecular flexibility index (Phi) is 3.01. The molecule has 16 heavy (non-hydrogen) atoms. The van der Waals surface area contributed by atoms with Crippen LogP contribution in [-0.2, 0) is 18.0 Å². The zero-order valence-corrected chi connectivity index (χ0v) is 8.41. The zero-order chi connectivity index (χ0) is 11.4. The molecule has 2 heterocycles. The van der Waals surface area contributed by atoms with Crippen molar-refractivity contribution in [1.82, 2.24) is 20.3 Å². The van der Waals surface area contributed by atoms with E-state index >= 15 is 0 Å². The van der Waals surface area contributed by atoms with Gasteiger partial charge in [-0.2, -0.15) is 9.97 Å². The lowest BCUT2D eigenvalue weighted by Gasteiger charge is -1.94. The van der Waals surface area contributed by atoms with Gasteiger partial charge in [-0.1, -0.05) is 10.3 Å². The van der Waals surface area contributed by atoms with Crippen LogP contribution in [0.1, 0.15) is 28.2 Å². The van der Waals surface area contributed by atoms with Crippen LogP contribution in [-0.4, -0.2) is 26.6 Å². The maximum Gasteiger partial charge on any atom is 0.253 e. The molecule has 0 unspecified atom stereocenters. The Hall–Kier alpha value is -2.09. The van der Waals surface area contributed by atoms with Crippen LogP contribution < -0.4 is 0 Å². The number of hydrogen-bond donors (Lipinski definition) is 0. The summed E-state index contributed by atoms with van der Waals surface area (Å²) >= 11 is 0. The quantitative estimate of drug-likeness (QED) is 0.667. The molecular formula is C8H8N4O4. The van der Waals surface area contributed by atoms with E-state index in [0.29, 0.717) is 18.0 Å². The van der Waals surface area contributed by atoms with E-state index in [0.717, 1.165) is 0 Å². The zero-order valence-electron chi connectivity index (χ0n) is 8.41. The third kappa shape index (κ3) is 2.48. The molecule has 0 aromatic carbocycles. The maximum absolute atomic E-state index is 10.3. The van der Waals surface area contributed by atoms with Gasteiger partial charge in [-0.05, 0) is 0 Å². The van der Waals surface area contributed by atoms with E-state index in [1.807, 2.05) is 0 Å². The number of aldehydes is 1. The molecule has 0 aliphatic rings. The van der Waals surface area contributed by atoms with Gasteiger partial charge < -0.3 is 13.8 Å². The van der Waals surface area contributed by atoms with E-state index in [-0.39, 0.29) is 24.9 Å². The summed E-state index contributed by atoms with van der Waals surface area (Å²) in [6.45, 7) is 1.95. The summed E-state index contributed by atoms with van der Waals surface area (Å²) in [7, 11) is 0. The van der Waals surface area contributed by atoms with Crippen LogP contribution in [0.15, 0.2) is 9.05 Å². The molecule has 0 amide bonds. The smallest absolute Gasteiger partial charge is 0.253 e. The SMILES string of the molecule is Cc1nc(COCc2nc(C=O)no2)no1. The van der Waals surface area contributed by atoms with Crippen molar-refractivity contribution in [1.29, 1.82) is 0 Å². The average Bonchev–Trinajstić information content (AvgIpc) is 2.88. The summed E-state index contributed by atoms with van der Waals surface area (Å²) < 4.78 is 14.6. The first-order chi connectivity index (χ1) is 7.78. The molecule has 0 fully saturated rings. The van der Waals surface area contributed by atoms with Crippen molar-refractivity contribution in [2.45, 2.75) is 20.1 Å². The summed E-state index contributed by atoms with van der Waals surface area (Å²) in [5, 5.41) is 7.01. The number of carbonyl (C=O) groups is 1. The van der Waals surface area contributed by atoms with Crippen molar-refractivity contribution in [3.63, 3.8) is 0 Å². The van der Waals surface area contributed by atoms with Crippen molar-refractivity contribution in [3.8, 4) is 0 Å². The lowest BCUT2D eigenvalue weighted by Crippen LogP contribution is -1.96. The molecular weight excluding hydrogens is 216 g/mol. The molecule has 0 atom stereocenters. The Bertz CT molecular complexity index is 478. The largest absolute Gasteiger partial charge is 0.363 e. The summed E-state index contributed by atoms with van der Waals surface area (Å²) in [6, 6.07) is 0. The summed E-state index contributed by atoms with van der Waals surface area (Å²) in [5.74, 6) is 1.13. The van der Waals surface area contributed by atoms with Gasteiger partial charge in [0.05, 0.1) is 0 Å². The second kappa shape index (κ2) is 4.62. The van der Waals surface area contributed by atoms with Crippen LogP contribution in [0.4, 0.5) is 0 Å². The predicted octanol–water partition coefficient (Wildman–Crippen LogP) is 0.290. The second-order valence-electron chi connectivity index (χ2n) is 2.89. The molecule has 8 nitrogen and oxygen atoms in total. The standard InChI is InChI=1S/C8H8N4O4/c1-5-9-7(12-15-5)3-14-4-8-10-6(2-13)11-16-8/h2H,3-4H2,1H3. The highest BCUT2D eigenvalue weighted by Crippen LogP contribution is 2.01. The Morgan fingerprint density at radius 1 is 1.25 bits per heavy atom. The van der Waals surface area contributed by atoms with Gasteiger partial charge in [0, 0.05) is 6.92 Å². The highest BCUT2D eigenvalue weighted by Gasteiger charge is 2.07. The number of ether oxygens (including phenoxy) is 1. The Balaban J connectivity index is 1.81. The molecule has 2 aromatic rings. The molecule has 8 heteroatoms. The van der Waals surface area contributed by atoms with Gasteiger partial charge in [0.25, 0.3) is 5.89 Å². The molecule has 2 aromatic heterocycles. The molecule has 0 aliphatic heterocycles. The number of rotatable bonds is 5. The highest BCUT2D eigenvalue weighted by molar-refractivity contribution is 5.68. The molecule has 0 saturated carbocycles. The van der Waals surface area contributed by atoms with Crippen molar-refractivity contribution in [3.05, 3.63) is 23.4 Å². The van der Waals surface area contributed by atoms with Crippen LogP contribution in [0.3, 0.4) is 0 Å². The van der Waals surface area contributed by atoms with Crippen LogP contribution in [0, 0.1) is 6.92 Å². The minimum atomic E-state index is -0.00555. The molecule has 84 valence electrons. The van der Waals surface area contributed by atoms with Gasteiger partial charge in [0.2, 0.25) is 11.7 Å². The minimum absolute atomic E-state index is 0.00555. The van der Waals surface area contributed by atoms with E-state index in [9.17, 15) is 4.79 Å². The molecule has 0 saturated heterocycles. The molecule has 2 rings (SSSR count). The number of hydrogen-bond acceptors (Lipinski definition) is 8. The monoisotopic (exact) mass is 224 g/mol. The van der Waals surface area contributed by atoms with Gasteiger partial charge in [0.1, 0.15) is 13.2 Å². The van der Waals surface area contributed by atoms with Crippen molar-refractivity contribution < 1.29 is 18.6 Å². The normalized spacial score (nSPS) is 10.6. The number of nitrogens with zero attached hydrogens (tertiary/aromatic N) is 4. The van der Waals surface area contributed by atoms with Gasteiger partial charge >= 0.3 is 0 Å². The fourth-order valence-electron chi connectivity index (χ4n) is 1.00. The minimum Gasteiger partial charge on any atom is -0.363 e. The van der Waals surface area contributed by atoms with E-state index in [2.05, 4.69) is 20.3 Å². The van der Waals surface area contributed by atoms with Crippen molar-refractivity contribution in [2.24, 2.45) is 0 Å². The third-order valence-electron chi connectivity index (χ3n) is 1.62. The maximum atomic E-state index is 10.3. The van der Waals surface area contributed by atoms with Gasteiger partial charge in [0.15, 0.2) is 12.1 Å². The van der Waals surface area contributed by atoms with Gasteiger partial charge in [-0.3, -0.25) is 4.79 Å². The number of carbonyl (C=O) groups excluding carboxylic acids is 1. The Morgan fingerprint density at radius 2 is 2.12 bits per heavy atom. The van der Waals surface area contributed by atoms with Crippen LogP contribution in [0.5, 0.6) is 0 Å². The Labute approximate surface area is 89.6 Å². The van der Waals surface area contributed by atoms with Gasteiger partial charge in [-0.15, -0.1) is 0 Å². The third-order valence-corrected chi connectivity index (χ3v) is 1.62. The first-order valence-electron chi connectivity index (χ1n) is 4.42. The fraction of sp³-hybridized carbons (Fsp3) is 0.375. The second-order valence-corrected chi connectivity index (χ2v) is 2.89. The van der Waals surface area contributed by atoms with Crippen LogP contribution >= 0.6 is 0 Å². The lowest BCUT2D eigenvalue weighted by molar-refractivity contribution is 0.0792. The van der Waals surface area contributed by atoms with Crippen molar-refractivity contribution in [2.75, 3.05) is 0 Å².